The molecule has 90 valence electrons. The van der Waals surface area contributed by atoms with E-state index in [9.17, 15) is 0 Å². The molecule has 1 aromatic rings. The van der Waals surface area contributed by atoms with Crippen molar-refractivity contribution in [3.05, 3.63) is 11.6 Å². The lowest BCUT2D eigenvalue weighted by Gasteiger charge is -2.26. The number of nitrogens with zero attached hydrogens (tertiary/aromatic N) is 3. The van der Waals surface area contributed by atoms with Crippen LogP contribution in [0.25, 0.3) is 0 Å². The van der Waals surface area contributed by atoms with Crippen LogP contribution in [0.5, 0.6) is 0 Å². The topological polar surface area (TPSA) is 42.7 Å². The van der Waals surface area contributed by atoms with Gasteiger partial charge in [-0.3, -0.25) is 0 Å². The predicted octanol–water partition coefficient (Wildman–Crippen LogP) is 1.68. The van der Waals surface area contributed by atoms with E-state index in [1.807, 2.05) is 6.92 Å². The zero-order valence-electron chi connectivity index (χ0n) is 10.5. The van der Waals surface area contributed by atoms with Gasteiger partial charge in [0.25, 0.3) is 0 Å². The molecule has 1 N–H and O–H groups in total. The first-order chi connectivity index (χ1) is 7.69. The maximum Gasteiger partial charge on any atom is 0.147 e. The van der Waals surface area contributed by atoms with Gasteiger partial charge < -0.3 is 5.32 Å². The summed E-state index contributed by atoms with van der Waals surface area (Å²) in [5.74, 6) is 2.05. The van der Waals surface area contributed by atoms with Crippen LogP contribution < -0.4 is 5.32 Å². The molecule has 1 aliphatic rings. The first kappa shape index (κ1) is 11.6. The first-order valence-electron chi connectivity index (χ1n) is 6.35. The van der Waals surface area contributed by atoms with E-state index in [1.54, 1.807) is 0 Å². The summed E-state index contributed by atoms with van der Waals surface area (Å²) < 4.78 is 2.06. The van der Waals surface area contributed by atoms with Crippen LogP contribution in [-0.2, 0) is 13.0 Å². The molecule has 0 fully saturated rings. The van der Waals surface area contributed by atoms with Crippen LogP contribution in [-0.4, -0.2) is 26.8 Å². The van der Waals surface area contributed by atoms with E-state index in [0.717, 1.165) is 24.6 Å². The van der Waals surface area contributed by atoms with Crippen molar-refractivity contribution in [2.45, 2.75) is 65.1 Å². The molecule has 0 amide bonds. The average molecular weight is 222 g/mol. The minimum atomic E-state index is 0.565. The number of fused-ring (bicyclic) bond motifs is 1. The van der Waals surface area contributed by atoms with Crippen molar-refractivity contribution >= 4 is 0 Å². The van der Waals surface area contributed by atoms with E-state index in [0.29, 0.717) is 12.1 Å². The molecule has 0 aromatic carbocycles. The van der Waals surface area contributed by atoms with E-state index in [1.165, 1.54) is 19.3 Å². The Balaban J connectivity index is 1.92. The fourth-order valence-corrected chi connectivity index (χ4v) is 2.49. The van der Waals surface area contributed by atoms with Gasteiger partial charge >= 0.3 is 0 Å². The van der Waals surface area contributed by atoms with Crippen LogP contribution >= 0.6 is 0 Å². The Morgan fingerprint density at radius 3 is 3.12 bits per heavy atom. The van der Waals surface area contributed by atoms with Crippen molar-refractivity contribution in [3.63, 3.8) is 0 Å². The summed E-state index contributed by atoms with van der Waals surface area (Å²) in [6, 6.07) is 1.18. The lowest BCUT2D eigenvalue weighted by molar-refractivity contribution is 0.325. The molecule has 4 nitrogen and oxygen atoms in total. The van der Waals surface area contributed by atoms with Gasteiger partial charge in [-0.2, -0.15) is 5.10 Å². The lowest BCUT2D eigenvalue weighted by atomic mass is 10.1. The first-order valence-corrected chi connectivity index (χ1v) is 6.35. The van der Waals surface area contributed by atoms with Crippen molar-refractivity contribution in [2.24, 2.45) is 0 Å². The number of aromatic nitrogens is 3. The van der Waals surface area contributed by atoms with Gasteiger partial charge in [0.15, 0.2) is 0 Å². The fourth-order valence-electron chi connectivity index (χ4n) is 2.49. The molecule has 2 unspecified atom stereocenters. The van der Waals surface area contributed by atoms with Crippen molar-refractivity contribution in [1.82, 2.24) is 20.1 Å². The number of hydrogen-bond acceptors (Lipinski definition) is 3. The normalized spacial score (nSPS) is 21.8. The van der Waals surface area contributed by atoms with Crippen LogP contribution in [0.2, 0.25) is 0 Å². The maximum absolute atomic E-state index is 4.43. The highest BCUT2D eigenvalue weighted by Crippen LogP contribution is 2.13. The Labute approximate surface area is 97.5 Å². The van der Waals surface area contributed by atoms with Gasteiger partial charge in [0.05, 0.1) is 6.54 Å². The summed E-state index contributed by atoms with van der Waals surface area (Å²) in [7, 11) is 0. The Bertz CT molecular complexity index is 345. The Morgan fingerprint density at radius 1 is 1.56 bits per heavy atom. The Kier molecular flexibility index (Phi) is 3.59. The third-order valence-electron chi connectivity index (χ3n) is 3.21. The van der Waals surface area contributed by atoms with Crippen molar-refractivity contribution in [1.29, 1.82) is 0 Å². The van der Waals surface area contributed by atoms with Gasteiger partial charge in [0.1, 0.15) is 11.6 Å². The minimum Gasteiger partial charge on any atom is -0.310 e. The van der Waals surface area contributed by atoms with Gasteiger partial charge in [-0.1, -0.05) is 13.3 Å². The monoisotopic (exact) mass is 222 g/mol. The average Bonchev–Trinajstić information content (AvgIpc) is 2.57. The highest BCUT2D eigenvalue weighted by molar-refractivity contribution is 4.96. The third kappa shape index (κ3) is 2.61. The molecule has 0 radical (unpaired) electrons. The molecule has 16 heavy (non-hydrogen) atoms. The van der Waals surface area contributed by atoms with E-state index < -0.39 is 0 Å². The lowest BCUT2D eigenvalue weighted by Crippen LogP contribution is -2.42. The zero-order chi connectivity index (χ0) is 11.5. The molecule has 0 saturated carbocycles. The Morgan fingerprint density at radius 2 is 2.38 bits per heavy atom. The van der Waals surface area contributed by atoms with Gasteiger partial charge in [-0.05, 0) is 26.7 Å². The standard InChI is InChI=1S/C12H22N4/c1-4-5-9(2)13-11-6-7-12-14-10(3)15-16(12)8-11/h9,11,13H,4-8H2,1-3H3. The van der Waals surface area contributed by atoms with Gasteiger partial charge in [0.2, 0.25) is 0 Å². The molecule has 2 rings (SSSR count). The largest absolute Gasteiger partial charge is 0.310 e. The van der Waals surface area contributed by atoms with Crippen LogP contribution in [0, 0.1) is 6.92 Å². The smallest absolute Gasteiger partial charge is 0.147 e. The van der Waals surface area contributed by atoms with Crippen molar-refractivity contribution in [3.8, 4) is 0 Å². The molecule has 2 heterocycles. The molecule has 0 saturated heterocycles. The van der Waals surface area contributed by atoms with E-state index in [4.69, 9.17) is 0 Å². The molecule has 0 aliphatic carbocycles. The summed E-state index contributed by atoms with van der Waals surface area (Å²) in [4.78, 5) is 4.43. The highest BCUT2D eigenvalue weighted by atomic mass is 15.4. The summed E-state index contributed by atoms with van der Waals surface area (Å²) in [5.41, 5.74) is 0. The maximum atomic E-state index is 4.43. The minimum absolute atomic E-state index is 0.565. The second-order valence-electron chi connectivity index (χ2n) is 4.85. The van der Waals surface area contributed by atoms with Gasteiger partial charge in [-0.15, -0.1) is 0 Å². The van der Waals surface area contributed by atoms with Crippen LogP contribution in [0.3, 0.4) is 0 Å². The number of nitrogens with one attached hydrogen (secondary N) is 1. The predicted molar refractivity (Wildman–Crippen MR) is 64.4 cm³/mol. The van der Waals surface area contributed by atoms with Gasteiger partial charge in [0, 0.05) is 18.5 Å². The molecule has 1 aliphatic heterocycles. The molecule has 0 spiro atoms. The second-order valence-corrected chi connectivity index (χ2v) is 4.85. The second kappa shape index (κ2) is 4.95. The summed E-state index contributed by atoms with van der Waals surface area (Å²) in [6.45, 7) is 7.45. The molecule has 1 aromatic heterocycles. The summed E-state index contributed by atoms with van der Waals surface area (Å²) in [5, 5.41) is 8.10. The molecular formula is C12H22N4. The van der Waals surface area contributed by atoms with E-state index >= 15 is 0 Å². The van der Waals surface area contributed by atoms with Crippen molar-refractivity contribution in [2.75, 3.05) is 0 Å². The van der Waals surface area contributed by atoms with Gasteiger partial charge in [-0.25, -0.2) is 9.67 Å². The number of aryl methyl sites for hydroxylation is 2. The SMILES string of the molecule is CCCC(C)NC1CCc2nc(C)nn2C1. The molecule has 2 atom stereocenters. The van der Waals surface area contributed by atoms with Crippen molar-refractivity contribution < 1.29 is 0 Å². The molecular weight excluding hydrogens is 200 g/mol. The molecule has 4 heteroatoms. The number of hydrogen-bond donors (Lipinski definition) is 1. The van der Waals surface area contributed by atoms with Crippen LogP contribution in [0.1, 0.15) is 44.8 Å². The molecule has 0 bridgehead atoms. The van der Waals surface area contributed by atoms with Crippen LogP contribution in [0.4, 0.5) is 0 Å². The number of rotatable bonds is 4. The highest BCUT2D eigenvalue weighted by Gasteiger charge is 2.21. The third-order valence-corrected chi connectivity index (χ3v) is 3.21. The van der Waals surface area contributed by atoms with Crippen LogP contribution in [0.15, 0.2) is 0 Å². The summed E-state index contributed by atoms with van der Waals surface area (Å²) in [6.07, 6.45) is 4.73. The van der Waals surface area contributed by atoms with E-state index in [-0.39, 0.29) is 0 Å². The quantitative estimate of drug-likeness (QED) is 0.843. The van der Waals surface area contributed by atoms with E-state index in [2.05, 4.69) is 33.9 Å². The zero-order valence-corrected chi connectivity index (χ0v) is 10.5. The Hall–Kier alpha value is -0.900. The fraction of sp³-hybridized carbons (Fsp3) is 0.833. The summed E-state index contributed by atoms with van der Waals surface area (Å²) >= 11 is 0.